The number of aromatic nitrogens is 2. The molecule has 126 valence electrons. The van der Waals surface area contributed by atoms with Crippen molar-refractivity contribution in [3.05, 3.63) is 58.9 Å². The summed E-state index contributed by atoms with van der Waals surface area (Å²) in [5, 5.41) is 20.6. The van der Waals surface area contributed by atoms with Gasteiger partial charge in [0.25, 0.3) is 5.91 Å². The lowest BCUT2D eigenvalue weighted by molar-refractivity contribution is 0.0841. The second-order valence-electron chi connectivity index (χ2n) is 6.20. The number of rotatable bonds is 5. The molecular formula is C18H22N4O2. The summed E-state index contributed by atoms with van der Waals surface area (Å²) in [6.45, 7) is 4.32. The van der Waals surface area contributed by atoms with E-state index in [2.05, 4.69) is 38.6 Å². The number of carbonyl (C=O) groups is 1. The van der Waals surface area contributed by atoms with Crippen LogP contribution in [0.5, 0.6) is 0 Å². The minimum atomic E-state index is -0.602. The molecule has 0 aliphatic carbocycles. The van der Waals surface area contributed by atoms with Crippen molar-refractivity contribution in [1.29, 1.82) is 0 Å². The summed E-state index contributed by atoms with van der Waals surface area (Å²) < 4.78 is 0. The van der Waals surface area contributed by atoms with Gasteiger partial charge in [0.15, 0.2) is 0 Å². The van der Waals surface area contributed by atoms with E-state index in [1.165, 1.54) is 17.3 Å². The molecule has 1 atom stereocenters. The summed E-state index contributed by atoms with van der Waals surface area (Å²) in [6, 6.07) is 10.1. The Balaban J connectivity index is 1.48. The van der Waals surface area contributed by atoms with E-state index in [-0.39, 0.29) is 12.5 Å². The van der Waals surface area contributed by atoms with E-state index in [0.717, 1.165) is 19.5 Å². The SMILES string of the molecule is Cc1cc(C(=O)NC[C@H](O)CN2CCc3ccccc3C2)cnn1. The Hall–Kier alpha value is -2.31. The van der Waals surface area contributed by atoms with Gasteiger partial charge in [0.2, 0.25) is 0 Å². The van der Waals surface area contributed by atoms with Crippen LogP contribution in [0, 0.1) is 6.92 Å². The number of hydrogen-bond donors (Lipinski definition) is 2. The monoisotopic (exact) mass is 326 g/mol. The van der Waals surface area contributed by atoms with Gasteiger partial charge in [-0.05, 0) is 30.5 Å². The third kappa shape index (κ3) is 4.15. The maximum Gasteiger partial charge on any atom is 0.253 e. The Morgan fingerprint density at radius 1 is 1.38 bits per heavy atom. The second-order valence-corrected chi connectivity index (χ2v) is 6.20. The van der Waals surface area contributed by atoms with Crippen LogP contribution in [0.15, 0.2) is 36.5 Å². The van der Waals surface area contributed by atoms with Crippen molar-refractivity contribution in [1.82, 2.24) is 20.4 Å². The van der Waals surface area contributed by atoms with Gasteiger partial charge in [-0.2, -0.15) is 10.2 Å². The van der Waals surface area contributed by atoms with E-state index in [1.54, 1.807) is 13.0 Å². The van der Waals surface area contributed by atoms with Crippen molar-refractivity contribution >= 4 is 5.91 Å². The van der Waals surface area contributed by atoms with Crippen LogP contribution in [0.1, 0.15) is 27.2 Å². The van der Waals surface area contributed by atoms with Crippen LogP contribution in [0.4, 0.5) is 0 Å². The quantitative estimate of drug-likeness (QED) is 0.855. The smallest absolute Gasteiger partial charge is 0.253 e. The third-order valence-corrected chi connectivity index (χ3v) is 4.22. The normalized spacial score (nSPS) is 15.6. The van der Waals surface area contributed by atoms with Crippen LogP contribution in [-0.2, 0) is 13.0 Å². The predicted molar refractivity (Wildman–Crippen MR) is 90.5 cm³/mol. The van der Waals surface area contributed by atoms with Gasteiger partial charge in [0.1, 0.15) is 0 Å². The molecule has 1 aliphatic heterocycles. The number of amides is 1. The summed E-state index contributed by atoms with van der Waals surface area (Å²) in [7, 11) is 0. The van der Waals surface area contributed by atoms with Gasteiger partial charge in [-0.25, -0.2) is 0 Å². The van der Waals surface area contributed by atoms with Gasteiger partial charge in [0, 0.05) is 26.2 Å². The molecule has 1 aromatic heterocycles. The van der Waals surface area contributed by atoms with Crippen molar-refractivity contribution in [3.8, 4) is 0 Å². The molecule has 0 bridgehead atoms. The average Bonchev–Trinajstić information content (AvgIpc) is 2.59. The Morgan fingerprint density at radius 3 is 2.96 bits per heavy atom. The zero-order valence-electron chi connectivity index (χ0n) is 13.8. The van der Waals surface area contributed by atoms with Gasteiger partial charge < -0.3 is 10.4 Å². The summed E-state index contributed by atoms with van der Waals surface area (Å²) in [5.74, 6) is -0.240. The maximum atomic E-state index is 12.1. The molecule has 1 aromatic carbocycles. The lowest BCUT2D eigenvalue weighted by Gasteiger charge is -2.30. The first-order valence-electron chi connectivity index (χ1n) is 8.16. The van der Waals surface area contributed by atoms with Crippen molar-refractivity contribution in [2.75, 3.05) is 19.6 Å². The summed E-state index contributed by atoms with van der Waals surface area (Å²) in [5.41, 5.74) is 3.85. The number of aryl methyl sites for hydroxylation is 1. The molecule has 0 radical (unpaired) electrons. The first-order chi connectivity index (χ1) is 11.6. The molecule has 6 nitrogen and oxygen atoms in total. The molecule has 0 fully saturated rings. The fourth-order valence-corrected chi connectivity index (χ4v) is 2.98. The molecule has 3 rings (SSSR count). The Bertz CT molecular complexity index is 720. The first kappa shape index (κ1) is 16.5. The Morgan fingerprint density at radius 2 is 2.17 bits per heavy atom. The minimum absolute atomic E-state index is 0.221. The molecule has 0 saturated carbocycles. The van der Waals surface area contributed by atoms with Crippen molar-refractivity contribution < 1.29 is 9.90 Å². The number of β-amino-alcohol motifs (C(OH)–C–C–N with tert-alkyl or cyclic N) is 1. The molecule has 6 heteroatoms. The fourth-order valence-electron chi connectivity index (χ4n) is 2.98. The van der Waals surface area contributed by atoms with Crippen molar-refractivity contribution in [3.63, 3.8) is 0 Å². The van der Waals surface area contributed by atoms with Crippen LogP contribution in [0.3, 0.4) is 0 Å². The molecule has 0 saturated heterocycles. The van der Waals surface area contributed by atoms with Gasteiger partial charge in [-0.15, -0.1) is 0 Å². The lowest BCUT2D eigenvalue weighted by atomic mass is 10.00. The first-order valence-corrected chi connectivity index (χ1v) is 8.16. The van der Waals surface area contributed by atoms with Crippen LogP contribution < -0.4 is 5.32 Å². The highest BCUT2D eigenvalue weighted by atomic mass is 16.3. The van der Waals surface area contributed by atoms with E-state index >= 15 is 0 Å². The number of carbonyl (C=O) groups excluding carboxylic acids is 1. The van der Waals surface area contributed by atoms with Crippen LogP contribution in [0.25, 0.3) is 0 Å². The van der Waals surface area contributed by atoms with Gasteiger partial charge >= 0.3 is 0 Å². The summed E-state index contributed by atoms with van der Waals surface area (Å²) in [4.78, 5) is 14.3. The van der Waals surface area contributed by atoms with E-state index in [4.69, 9.17) is 0 Å². The number of aliphatic hydroxyl groups excluding tert-OH is 1. The molecule has 2 N–H and O–H groups in total. The number of fused-ring (bicyclic) bond motifs is 1. The zero-order chi connectivity index (χ0) is 16.9. The molecule has 0 spiro atoms. The molecule has 1 amide bonds. The van der Waals surface area contributed by atoms with E-state index in [0.29, 0.717) is 17.8 Å². The van der Waals surface area contributed by atoms with Crippen molar-refractivity contribution in [2.24, 2.45) is 0 Å². The highest BCUT2D eigenvalue weighted by Gasteiger charge is 2.19. The number of benzene rings is 1. The van der Waals surface area contributed by atoms with Gasteiger partial charge in [-0.1, -0.05) is 24.3 Å². The highest BCUT2D eigenvalue weighted by Crippen LogP contribution is 2.18. The van der Waals surface area contributed by atoms with Crippen molar-refractivity contribution in [2.45, 2.75) is 26.0 Å². The van der Waals surface area contributed by atoms with Crippen LogP contribution >= 0.6 is 0 Å². The number of hydrogen-bond acceptors (Lipinski definition) is 5. The number of nitrogens with one attached hydrogen (secondary N) is 1. The molecule has 1 aliphatic rings. The highest BCUT2D eigenvalue weighted by molar-refractivity contribution is 5.93. The molecule has 0 unspecified atom stereocenters. The molecule has 2 heterocycles. The number of aliphatic hydroxyl groups is 1. The molecule has 24 heavy (non-hydrogen) atoms. The Labute approximate surface area is 141 Å². The van der Waals surface area contributed by atoms with Crippen LogP contribution in [-0.4, -0.2) is 51.8 Å². The van der Waals surface area contributed by atoms with Gasteiger partial charge in [0.05, 0.1) is 23.6 Å². The topological polar surface area (TPSA) is 78.4 Å². The van der Waals surface area contributed by atoms with E-state index < -0.39 is 6.10 Å². The second kappa shape index (κ2) is 7.51. The average molecular weight is 326 g/mol. The number of nitrogens with zero attached hydrogens (tertiary/aromatic N) is 3. The van der Waals surface area contributed by atoms with Gasteiger partial charge in [-0.3, -0.25) is 9.69 Å². The predicted octanol–water partition coefficient (Wildman–Crippen LogP) is 0.934. The molecular weight excluding hydrogens is 304 g/mol. The van der Waals surface area contributed by atoms with E-state index in [1.807, 2.05) is 6.07 Å². The fraction of sp³-hybridized carbons (Fsp3) is 0.389. The zero-order valence-corrected chi connectivity index (χ0v) is 13.8. The maximum absolute atomic E-state index is 12.1. The standard InChI is InChI=1S/C18H22N4O2/c1-13-8-16(9-20-21-13)18(24)19-10-17(23)12-22-7-6-14-4-2-3-5-15(14)11-22/h2-5,8-9,17,23H,6-7,10-12H2,1H3,(H,19,24)/t17-/m0/s1. The molecule has 2 aromatic rings. The van der Waals surface area contributed by atoms with Crippen LogP contribution in [0.2, 0.25) is 0 Å². The van der Waals surface area contributed by atoms with E-state index in [9.17, 15) is 9.90 Å². The summed E-state index contributed by atoms with van der Waals surface area (Å²) in [6.07, 6.45) is 1.82. The lowest BCUT2D eigenvalue weighted by Crippen LogP contribution is -2.42. The summed E-state index contributed by atoms with van der Waals surface area (Å²) >= 11 is 0. The largest absolute Gasteiger partial charge is 0.390 e. The Kier molecular flexibility index (Phi) is 5.17. The third-order valence-electron chi connectivity index (χ3n) is 4.22. The minimum Gasteiger partial charge on any atom is -0.390 e.